The quantitative estimate of drug-likeness (QED) is 0.362. The molecule has 160 valence electrons. The number of benzene rings is 2. The molecule has 0 aliphatic heterocycles. The smallest absolute Gasteiger partial charge is 0.423 e. The average molecular weight is 426 g/mol. The minimum atomic E-state index is -5.28. The predicted octanol–water partition coefficient (Wildman–Crippen LogP) is 4.55. The van der Waals surface area contributed by atoms with E-state index in [1.165, 1.54) is 12.1 Å². The number of likely N-dealkylation sites (N-methyl/N-ethyl adjacent to an activating group) is 1. The van der Waals surface area contributed by atoms with Crippen molar-refractivity contribution in [2.45, 2.75) is 13.1 Å². The molecule has 0 aliphatic rings. The van der Waals surface area contributed by atoms with E-state index in [9.17, 15) is 33.2 Å². The summed E-state index contributed by atoms with van der Waals surface area (Å²) in [5.41, 5.74) is -4.30. The molecule has 0 atom stereocenters. The van der Waals surface area contributed by atoms with Gasteiger partial charge < -0.3 is 15.1 Å². The summed E-state index contributed by atoms with van der Waals surface area (Å²) in [4.78, 5) is 22.9. The summed E-state index contributed by atoms with van der Waals surface area (Å²) in [5.74, 6) is -2.02. The fourth-order valence-electron chi connectivity index (χ4n) is 2.75. The number of carbonyl (C=O) groups is 1. The molecular formula is C18H17F3N4O5. The molecule has 9 nitrogen and oxygen atoms in total. The van der Waals surface area contributed by atoms with Gasteiger partial charge in [0, 0.05) is 24.8 Å². The van der Waals surface area contributed by atoms with Crippen molar-refractivity contribution >= 4 is 28.7 Å². The number of halogens is 3. The Morgan fingerprint density at radius 2 is 1.80 bits per heavy atom. The van der Waals surface area contributed by atoms with Gasteiger partial charge in [-0.15, -0.1) is 5.11 Å². The van der Waals surface area contributed by atoms with E-state index in [4.69, 9.17) is 5.11 Å². The maximum Gasteiger partial charge on any atom is 0.423 e. The molecule has 2 rings (SSSR count). The van der Waals surface area contributed by atoms with Crippen molar-refractivity contribution in [3.8, 4) is 0 Å². The number of aromatic carboxylic acids is 1. The van der Waals surface area contributed by atoms with Gasteiger partial charge in [-0.25, -0.2) is 4.79 Å². The van der Waals surface area contributed by atoms with Gasteiger partial charge in [0.15, 0.2) is 0 Å². The maximum atomic E-state index is 13.3. The number of anilines is 1. The zero-order valence-electron chi connectivity index (χ0n) is 15.6. The molecule has 0 fully saturated rings. The molecule has 0 saturated heterocycles. The monoisotopic (exact) mass is 426 g/mol. The van der Waals surface area contributed by atoms with Crippen LogP contribution in [0.1, 0.15) is 22.8 Å². The number of nitro benzene ring substituents is 1. The lowest BCUT2D eigenvalue weighted by atomic mass is 10.0. The number of nitrogens with zero attached hydrogens (tertiary/aromatic N) is 4. The van der Waals surface area contributed by atoms with Gasteiger partial charge in [-0.1, -0.05) is 0 Å². The Labute approximate surface area is 168 Å². The average Bonchev–Trinajstić information content (AvgIpc) is 2.69. The first kappa shape index (κ1) is 22.7. The maximum absolute atomic E-state index is 13.3. The Hall–Kier alpha value is -3.54. The number of carboxylic acids is 1. The molecule has 0 aromatic heterocycles. The summed E-state index contributed by atoms with van der Waals surface area (Å²) in [6.07, 6.45) is -5.28. The molecule has 0 saturated carbocycles. The molecule has 0 bridgehead atoms. The molecule has 0 heterocycles. The largest absolute Gasteiger partial charge is 0.478 e. The van der Waals surface area contributed by atoms with Crippen LogP contribution in [0.5, 0.6) is 0 Å². The van der Waals surface area contributed by atoms with E-state index in [-0.39, 0.29) is 12.3 Å². The van der Waals surface area contributed by atoms with E-state index in [1.54, 1.807) is 12.1 Å². The van der Waals surface area contributed by atoms with Crippen molar-refractivity contribution in [3.05, 3.63) is 57.6 Å². The van der Waals surface area contributed by atoms with E-state index in [2.05, 4.69) is 10.2 Å². The van der Waals surface area contributed by atoms with Crippen LogP contribution in [0.25, 0.3) is 0 Å². The van der Waals surface area contributed by atoms with Crippen LogP contribution >= 0.6 is 0 Å². The minimum absolute atomic E-state index is 0.0467. The number of aliphatic hydroxyl groups is 1. The molecule has 0 radical (unpaired) electrons. The zero-order valence-corrected chi connectivity index (χ0v) is 15.6. The highest BCUT2D eigenvalue weighted by atomic mass is 19.4. The molecule has 2 aromatic rings. The van der Waals surface area contributed by atoms with Crippen molar-refractivity contribution in [2.75, 3.05) is 24.6 Å². The fourth-order valence-corrected chi connectivity index (χ4v) is 2.75. The zero-order chi connectivity index (χ0) is 22.5. The van der Waals surface area contributed by atoms with Gasteiger partial charge in [-0.2, -0.15) is 18.3 Å². The molecule has 0 amide bonds. The molecule has 30 heavy (non-hydrogen) atoms. The Balaban J connectivity index is 2.46. The Morgan fingerprint density at radius 1 is 1.17 bits per heavy atom. The highest BCUT2D eigenvalue weighted by molar-refractivity contribution is 5.96. The van der Waals surface area contributed by atoms with Crippen molar-refractivity contribution in [2.24, 2.45) is 10.2 Å². The summed E-state index contributed by atoms with van der Waals surface area (Å²) in [6.45, 7) is 2.88. The number of azo groups is 1. The van der Waals surface area contributed by atoms with Crippen LogP contribution in [0.2, 0.25) is 0 Å². The van der Waals surface area contributed by atoms with Crippen LogP contribution in [-0.4, -0.2) is 40.8 Å². The lowest BCUT2D eigenvalue weighted by Crippen LogP contribution is -2.25. The van der Waals surface area contributed by atoms with Crippen LogP contribution in [-0.2, 0) is 6.18 Å². The number of hydrogen-bond acceptors (Lipinski definition) is 7. The third-order valence-electron chi connectivity index (χ3n) is 4.10. The summed E-state index contributed by atoms with van der Waals surface area (Å²) in [6, 6.07) is 7.67. The SMILES string of the molecule is CCN(CCO)c1ccc(N=Nc2ccc([N+](=O)[O-])c(C(F)(F)F)c2C(=O)O)cc1. The minimum Gasteiger partial charge on any atom is -0.478 e. The molecule has 2 N–H and O–H groups in total. The van der Waals surface area contributed by atoms with Crippen LogP contribution in [0.3, 0.4) is 0 Å². The molecule has 2 aromatic carbocycles. The van der Waals surface area contributed by atoms with Crippen LogP contribution in [0, 0.1) is 10.1 Å². The standard InChI is InChI=1S/C18H17F3N4O5/c1-2-24(9-10-26)12-5-3-11(4-6-12)22-23-13-7-8-14(25(29)30)16(18(19,20)21)15(13)17(27)28/h3-8,26H,2,9-10H2,1H3,(H,27,28). The van der Waals surface area contributed by atoms with Gasteiger partial charge in [0.05, 0.1) is 17.2 Å². The van der Waals surface area contributed by atoms with Gasteiger partial charge in [-0.05, 0) is 37.3 Å². The first-order valence-corrected chi connectivity index (χ1v) is 8.59. The summed E-state index contributed by atoms with van der Waals surface area (Å²) < 4.78 is 40.0. The molecule has 0 unspecified atom stereocenters. The lowest BCUT2D eigenvalue weighted by molar-refractivity contribution is -0.388. The molecular weight excluding hydrogens is 409 g/mol. The number of hydrogen-bond donors (Lipinski definition) is 2. The third kappa shape index (κ3) is 5.08. The summed E-state index contributed by atoms with van der Waals surface area (Å²) in [7, 11) is 0. The van der Waals surface area contributed by atoms with Crippen molar-refractivity contribution in [1.82, 2.24) is 0 Å². The van der Waals surface area contributed by atoms with Gasteiger partial charge in [0.25, 0.3) is 5.69 Å². The topological polar surface area (TPSA) is 129 Å². The summed E-state index contributed by atoms with van der Waals surface area (Å²) in [5, 5.41) is 36.5. The first-order chi connectivity index (χ1) is 14.1. The van der Waals surface area contributed by atoms with Gasteiger partial charge in [0.1, 0.15) is 16.8 Å². The van der Waals surface area contributed by atoms with Crippen molar-refractivity contribution in [3.63, 3.8) is 0 Å². The fraction of sp³-hybridized carbons (Fsp3) is 0.278. The van der Waals surface area contributed by atoms with E-state index < -0.39 is 39.6 Å². The molecule has 0 aliphatic carbocycles. The van der Waals surface area contributed by atoms with Gasteiger partial charge in [0.2, 0.25) is 0 Å². The number of carboxylic acid groups (broad SMARTS) is 1. The van der Waals surface area contributed by atoms with Gasteiger partial charge in [-0.3, -0.25) is 10.1 Å². The summed E-state index contributed by atoms with van der Waals surface area (Å²) >= 11 is 0. The second kappa shape index (κ2) is 9.31. The predicted molar refractivity (Wildman–Crippen MR) is 101 cm³/mol. The normalized spacial score (nSPS) is 11.6. The molecule has 0 spiro atoms. The highest BCUT2D eigenvalue weighted by Crippen LogP contribution is 2.42. The van der Waals surface area contributed by atoms with Crippen molar-refractivity contribution in [1.29, 1.82) is 0 Å². The number of nitro groups is 1. The number of rotatable bonds is 8. The number of aliphatic hydroxyl groups excluding tert-OH is 1. The van der Waals surface area contributed by atoms with Crippen LogP contribution < -0.4 is 4.90 Å². The highest BCUT2D eigenvalue weighted by Gasteiger charge is 2.44. The van der Waals surface area contributed by atoms with E-state index in [1.807, 2.05) is 11.8 Å². The van der Waals surface area contributed by atoms with E-state index >= 15 is 0 Å². The van der Waals surface area contributed by atoms with Gasteiger partial charge >= 0.3 is 12.1 Å². The Kier molecular flexibility index (Phi) is 7.06. The van der Waals surface area contributed by atoms with E-state index in [0.717, 1.165) is 11.8 Å². The Bertz CT molecular complexity index is 962. The molecule has 12 heteroatoms. The number of alkyl halides is 3. The lowest BCUT2D eigenvalue weighted by Gasteiger charge is -2.21. The second-order valence-electron chi connectivity index (χ2n) is 5.93. The Morgan fingerprint density at radius 3 is 2.27 bits per heavy atom. The van der Waals surface area contributed by atoms with Crippen LogP contribution in [0.4, 0.5) is 35.9 Å². The third-order valence-corrected chi connectivity index (χ3v) is 4.10. The van der Waals surface area contributed by atoms with Crippen LogP contribution in [0.15, 0.2) is 46.6 Å². The van der Waals surface area contributed by atoms with Crippen molar-refractivity contribution < 1.29 is 33.1 Å². The first-order valence-electron chi connectivity index (χ1n) is 8.59. The second-order valence-corrected chi connectivity index (χ2v) is 5.93. The van der Waals surface area contributed by atoms with E-state index in [0.29, 0.717) is 19.2 Å².